The van der Waals surface area contributed by atoms with E-state index in [4.69, 9.17) is 5.26 Å². The Balaban J connectivity index is 2.63. The molecule has 2 aromatic rings. The molecule has 1 aromatic carbocycles. The highest BCUT2D eigenvalue weighted by atomic mass is 32.1. The molecular formula is C10H8N2S. The maximum Gasteiger partial charge on any atom is 0.108 e. The second-order valence-corrected chi connectivity index (χ2v) is 3.98. The Morgan fingerprint density at radius 3 is 3.08 bits per heavy atom. The monoisotopic (exact) mass is 188 g/mol. The fourth-order valence-electron chi connectivity index (χ4n) is 1.28. The Morgan fingerprint density at radius 2 is 2.38 bits per heavy atom. The number of para-hydroxylation sites is 1. The van der Waals surface area contributed by atoms with Crippen molar-refractivity contribution in [2.24, 2.45) is 0 Å². The molecule has 0 fully saturated rings. The van der Waals surface area contributed by atoms with Crippen molar-refractivity contribution in [2.75, 3.05) is 0 Å². The fraction of sp³-hybridized carbons (Fsp3) is 0.200. The lowest BCUT2D eigenvalue weighted by atomic mass is 10.2. The van der Waals surface area contributed by atoms with E-state index in [1.165, 1.54) is 10.3 Å². The van der Waals surface area contributed by atoms with Gasteiger partial charge in [0.1, 0.15) is 5.01 Å². The first-order valence-electron chi connectivity index (χ1n) is 4.03. The summed E-state index contributed by atoms with van der Waals surface area (Å²) in [5.41, 5.74) is 2.22. The number of rotatable bonds is 1. The molecule has 0 N–H and O–H groups in total. The molecule has 1 aromatic heterocycles. The van der Waals surface area contributed by atoms with Gasteiger partial charge in [-0.05, 0) is 18.6 Å². The van der Waals surface area contributed by atoms with Crippen LogP contribution in [0.4, 0.5) is 0 Å². The highest BCUT2D eigenvalue weighted by Crippen LogP contribution is 2.24. The van der Waals surface area contributed by atoms with E-state index in [2.05, 4.69) is 11.1 Å². The number of hydrogen-bond acceptors (Lipinski definition) is 3. The van der Waals surface area contributed by atoms with E-state index in [0.717, 1.165) is 10.5 Å². The van der Waals surface area contributed by atoms with Crippen molar-refractivity contribution < 1.29 is 0 Å². The molecule has 2 nitrogen and oxygen atoms in total. The van der Waals surface area contributed by atoms with Gasteiger partial charge in [0, 0.05) is 0 Å². The van der Waals surface area contributed by atoms with Crippen LogP contribution in [0.1, 0.15) is 10.6 Å². The van der Waals surface area contributed by atoms with E-state index >= 15 is 0 Å². The van der Waals surface area contributed by atoms with Crippen molar-refractivity contribution in [1.29, 1.82) is 5.26 Å². The number of hydrogen-bond donors (Lipinski definition) is 0. The van der Waals surface area contributed by atoms with Gasteiger partial charge in [-0.2, -0.15) is 5.26 Å². The summed E-state index contributed by atoms with van der Waals surface area (Å²) in [4.78, 5) is 4.40. The molecule has 0 aliphatic heterocycles. The van der Waals surface area contributed by atoms with Crippen LogP contribution in [0, 0.1) is 18.3 Å². The van der Waals surface area contributed by atoms with E-state index < -0.39 is 0 Å². The SMILES string of the molecule is Cc1cccc2sc(CC#N)nc12. The molecular weight excluding hydrogens is 180 g/mol. The second-order valence-electron chi connectivity index (χ2n) is 2.86. The number of fused-ring (bicyclic) bond motifs is 1. The molecule has 2 rings (SSSR count). The molecule has 0 atom stereocenters. The maximum atomic E-state index is 8.53. The Kier molecular flexibility index (Phi) is 1.99. The van der Waals surface area contributed by atoms with Crippen LogP contribution in [0.25, 0.3) is 10.2 Å². The number of benzene rings is 1. The Bertz CT molecular complexity index is 479. The maximum absolute atomic E-state index is 8.53. The van der Waals surface area contributed by atoms with Crippen LogP contribution in [0.5, 0.6) is 0 Å². The fourth-order valence-corrected chi connectivity index (χ4v) is 2.25. The molecule has 0 bridgehead atoms. The normalized spacial score (nSPS) is 10.2. The number of aromatic nitrogens is 1. The van der Waals surface area contributed by atoms with Crippen molar-refractivity contribution in [3.05, 3.63) is 28.8 Å². The van der Waals surface area contributed by atoms with Crippen LogP contribution in [0.3, 0.4) is 0 Å². The van der Waals surface area contributed by atoms with Crippen LogP contribution in [-0.2, 0) is 6.42 Å². The van der Waals surface area contributed by atoms with Crippen molar-refractivity contribution in [2.45, 2.75) is 13.3 Å². The number of nitrogens with zero attached hydrogens (tertiary/aromatic N) is 2. The summed E-state index contributed by atoms with van der Waals surface area (Å²) in [5, 5.41) is 9.44. The number of nitriles is 1. The molecule has 64 valence electrons. The number of aryl methyl sites for hydroxylation is 1. The van der Waals surface area contributed by atoms with Crippen molar-refractivity contribution in [3.8, 4) is 6.07 Å². The summed E-state index contributed by atoms with van der Waals surface area (Å²) in [6, 6.07) is 8.21. The highest BCUT2D eigenvalue weighted by molar-refractivity contribution is 7.18. The van der Waals surface area contributed by atoms with Crippen molar-refractivity contribution in [1.82, 2.24) is 4.98 Å². The van der Waals surface area contributed by atoms with E-state index in [1.54, 1.807) is 11.3 Å². The lowest BCUT2D eigenvalue weighted by Gasteiger charge is -1.90. The smallest absolute Gasteiger partial charge is 0.108 e. The van der Waals surface area contributed by atoms with Crippen LogP contribution in [0.15, 0.2) is 18.2 Å². The van der Waals surface area contributed by atoms with Crippen LogP contribution in [0.2, 0.25) is 0 Å². The van der Waals surface area contributed by atoms with Gasteiger partial charge >= 0.3 is 0 Å². The van der Waals surface area contributed by atoms with Gasteiger partial charge in [-0.3, -0.25) is 0 Å². The third-order valence-corrected chi connectivity index (χ3v) is 2.92. The Morgan fingerprint density at radius 1 is 1.54 bits per heavy atom. The van der Waals surface area contributed by atoms with Crippen molar-refractivity contribution >= 4 is 21.6 Å². The molecule has 13 heavy (non-hydrogen) atoms. The Hall–Kier alpha value is -1.40. The zero-order valence-corrected chi connectivity index (χ0v) is 8.06. The third kappa shape index (κ3) is 1.41. The van der Waals surface area contributed by atoms with Gasteiger partial charge < -0.3 is 0 Å². The molecule has 0 radical (unpaired) electrons. The first kappa shape index (κ1) is 8.21. The van der Waals surface area contributed by atoms with E-state index in [0.29, 0.717) is 6.42 Å². The molecule has 0 saturated carbocycles. The first-order valence-corrected chi connectivity index (χ1v) is 4.85. The predicted molar refractivity (Wildman–Crippen MR) is 53.7 cm³/mol. The topological polar surface area (TPSA) is 36.7 Å². The minimum Gasteiger partial charge on any atom is -0.240 e. The minimum absolute atomic E-state index is 0.415. The zero-order valence-electron chi connectivity index (χ0n) is 7.24. The molecule has 3 heteroatoms. The predicted octanol–water partition coefficient (Wildman–Crippen LogP) is 2.67. The van der Waals surface area contributed by atoms with Crippen LogP contribution >= 0.6 is 11.3 Å². The number of thiazole rings is 1. The first-order chi connectivity index (χ1) is 6.31. The molecule has 0 amide bonds. The molecule has 0 aliphatic carbocycles. The highest BCUT2D eigenvalue weighted by Gasteiger charge is 2.04. The third-order valence-electron chi connectivity index (χ3n) is 1.90. The van der Waals surface area contributed by atoms with Crippen LogP contribution in [-0.4, -0.2) is 4.98 Å². The van der Waals surface area contributed by atoms with Gasteiger partial charge in [0.2, 0.25) is 0 Å². The van der Waals surface area contributed by atoms with Crippen molar-refractivity contribution in [3.63, 3.8) is 0 Å². The zero-order chi connectivity index (χ0) is 9.26. The van der Waals surface area contributed by atoms with E-state index in [-0.39, 0.29) is 0 Å². The van der Waals surface area contributed by atoms with Crippen LogP contribution < -0.4 is 0 Å². The Labute approximate surface area is 80.5 Å². The molecule has 0 saturated heterocycles. The lowest BCUT2D eigenvalue weighted by Crippen LogP contribution is -1.78. The lowest BCUT2D eigenvalue weighted by molar-refractivity contribution is 1.21. The van der Waals surface area contributed by atoms with Gasteiger partial charge in [0.15, 0.2) is 0 Å². The van der Waals surface area contributed by atoms with Gasteiger partial charge in [-0.25, -0.2) is 4.98 Å². The average Bonchev–Trinajstić information content (AvgIpc) is 2.49. The summed E-state index contributed by atoms with van der Waals surface area (Å²) < 4.78 is 1.17. The average molecular weight is 188 g/mol. The van der Waals surface area contributed by atoms with Gasteiger partial charge in [0.05, 0.1) is 22.7 Å². The van der Waals surface area contributed by atoms with Gasteiger partial charge in [0.25, 0.3) is 0 Å². The molecule has 0 spiro atoms. The molecule has 0 aliphatic rings. The molecule has 1 heterocycles. The summed E-state index contributed by atoms with van der Waals surface area (Å²) in [6.07, 6.45) is 0.415. The summed E-state index contributed by atoms with van der Waals surface area (Å²) in [5.74, 6) is 0. The summed E-state index contributed by atoms with van der Waals surface area (Å²) in [6.45, 7) is 2.04. The van der Waals surface area contributed by atoms with Gasteiger partial charge in [-0.15, -0.1) is 11.3 Å². The minimum atomic E-state index is 0.415. The standard InChI is InChI=1S/C10H8N2S/c1-7-3-2-4-8-10(7)12-9(13-8)5-6-11/h2-4H,5H2,1H3. The molecule has 0 unspecified atom stereocenters. The van der Waals surface area contributed by atoms with E-state index in [9.17, 15) is 0 Å². The summed E-state index contributed by atoms with van der Waals surface area (Å²) in [7, 11) is 0. The summed E-state index contributed by atoms with van der Waals surface area (Å²) >= 11 is 1.60. The van der Waals surface area contributed by atoms with Gasteiger partial charge in [-0.1, -0.05) is 12.1 Å². The second kappa shape index (κ2) is 3.15. The van der Waals surface area contributed by atoms with E-state index in [1.807, 2.05) is 25.1 Å². The largest absolute Gasteiger partial charge is 0.240 e. The quantitative estimate of drug-likeness (QED) is 0.689.